The van der Waals surface area contributed by atoms with E-state index in [-0.39, 0.29) is 11.6 Å². The SMILES string of the molecule is CN(C)c1ccc(C=C(NC(=O)c2ccccc2)C(=O)NN=Cc2cccc(Br)c2)cc1. The number of rotatable bonds is 7. The van der Waals surface area contributed by atoms with Crippen molar-refractivity contribution in [1.82, 2.24) is 10.7 Å². The van der Waals surface area contributed by atoms with Gasteiger partial charge in [0.15, 0.2) is 0 Å². The second-order valence-electron chi connectivity index (χ2n) is 7.12. The number of nitrogens with zero attached hydrogens (tertiary/aromatic N) is 2. The average molecular weight is 491 g/mol. The number of nitrogens with one attached hydrogen (secondary N) is 2. The van der Waals surface area contributed by atoms with Crippen LogP contribution in [0.25, 0.3) is 6.08 Å². The zero-order valence-corrected chi connectivity index (χ0v) is 19.3. The van der Waals surface area contributed by atoms with Gasteiger partial charge in [-0.2, -0.15) is 5.10 Å². The second-order valence-corrected chi connectivity index (χ2v) is 8.03. The van der Waals surface area contributed by atoms with E-state index in [9.17, 15) is 9.59 Å². The predicted octanol–water partition coefficient (Wildman–Crippen LogP) is 4.44. The minimum atomic E-state index is -0.530. The molecule has 0 heterocycles. The van der Waals surface area contributed by atoms with Crippen molar-refractivity contribution >= 4 is 45.7 Å². The topological polar surface area (TPSA) is 73.8 Å². The number of benzene rings is 3. The van der Waals surface area contributed by atoms with Crippen LogP contribution in [0.4, 0.5) is 5.69 Å². The fourth-order valence-corrected chi connectivity index (χ4v) is 3.21. The zero-order valence-electron chi connectivity index (χ0n) is 17.7. The molecule has 6 nitrogen and oxygen atoms in total. The zero-order chi connectivity index (χ0) is 22.9. The lowest BCUT2D eigenvalue weighted by molar-refractivity contribution is -0.117. The molecule has 0 aromatic heterocycles. The molecule has 0 spiro atoms. The molecule has 0 fully saturated rings. The molecular formula is C25H23BrN4O2. The highest BCUT2D eigenvalue weighted by Gasteiger charge is 2.14. The van der Waals surface area contributed by atoms with Crippen molar-refractivity contribution in [3.05, 3.63) is 106 Å². The summed E-state index contributed by atoms with van der Waals surface area (Å²) in [6.45, 7) is 0. The van der Waals surface area contributed by atoms with Gasteiger partial charge in [-0.3, -0.25) is 9.59 Å². The first-order valence-corrected chi connectivity index (χ1v) is 10.7. The van der Waals surface area contributed by atoms with Crippen molar-refractivity contribution in [2.24, 2.45) is 5.10 Å². The largest absolute Gasteiger partial charge is 0.378 e. The fraction of sp³-hybridized carbons (Fsp3) is 0.0800. The van der Waals surface area contributed by atoms with Crippen LogP contribution in [0.2, 0.25) is 0 Å². The lowest BCUT2D eigenvalue weighted by Gasteiger charge is -2.12. The van der Waals surface area contributed by atoms with E-state index >= 15 is 0 Å². The van der Waals surface area contributed by atoms with Crippen molar-refractivity contribution < 1.29 is 9.59 Å². The molecule has 0 unspecified atom stereocenters. The van der Waals surface area contributed by atoms with Gasteiger partial charge in [-0.25, -0.2) is 5.43 Å². The molecule has 0 saturated heterocycles. The Morgan fingerprint density at radius 3 is 2.28 bits per heavy atom. The highest BCUT2D eigenvalue weighted by molar-refractivity contribution is 9.10. The molecule has 7 heteroatoms. The minimum Gasteiger partial charge on any atom is -0.378 e. The molecule has 0 atom stereocenters. The number of amides is 2. The van der Waals surface area contributed by atoms with E-state index in [0.717, 1.165) is 21.3 Å². The lowest BCUT2D eigenvalue weighted by atomic mass is 10.1. The number of carbonyl (C=O) groups is 2. The molecule has 2 amide bonds. The Kier molecular flexibility index (Phi) is 7.94. The summed E-state index contributed by atoms with van der Waals surface area (Å²) >= 11 is 3.40. The maximum Gasteiger partial charge on any atom is 0.287 e. The molecule has 162 valence electrons. The maximum absolute atomic E-state index is 12.8. The second kappa shape index (κ2) is 11.1. The summed E-state index contributed by atoms with van der Waals surface area (Å²) in [7, 11) is 3.90. The van der Waals surface area contributed by atoms with Crippen LogP contribution >= 0.6 is 15.9 Å². The Morgan fingerprint density at radius 2 is 1.62 bits per heavy atom. The van der Waals surface area contributed by atoms with Gasteiger partial charge in [0.2, 0.25) is 0 Å². The van der Waals surface area contributed by atoms with E-state index in [4.69, 9.17) is 0 Å². The number of halogens is 1. The molecule has 0 aliphatic carbocycles. The van der Waals surface area contributed by atoms with Crippen LogP contribution in [0, 0.1) is 0 Å². The van der Waals surface area contributed by atoms with Crippen molar-refractivity contribution in [3.8, 4) is 0 Å². The number of hydrazone groups is 1. The molecule has 32 heavy (non-hydrogen) atoms. The van der Waals surface area contributed by atoms with E-state index in [1.807, 2.05) is 73.6 Å². The first-order valence-electron chi connectivity index (χ1n) is 9.87. The van der Waals surface area contributed by atoms with Crippen LogP contribution in [0.15, 0.2) is 94.1 Å². The van der Waals surface area contributed by atoms with Crippen molar-refractivity contribution in [1.29, 1.82) is 0 Å². The van der Waals surface area contributed by atoms with E-state index in [1.165, 1.54) is 6.21 Å². The molecule has 0 aliphatic heterocycles. The Balaban J connectivity index is 1.81. The summed E-state index contributed by atoms with van der Waals surface area (Å²) in [5.41, 5.74) is 5.63. The maximum atomic E-state index is 12.8. The summed E-state index contributed by atoms with van der Waals surface area (Å²) in [6.07, 6.45) is 3.15. The number of hydrogen-bond acceptors (Lipinski definition) is 4. The third-order valence-electron chi connectivity index (χ3n) is 4.48. The third-order valence-corrected chi connectivity index (χ3v) is 4.97. The van der Waals surface area contributed by atoms with Crippen molar-refractivity contribution in [2.45, 2.75) is 0 Å². The van der Waals surface area contributed by atoms with Crippen LogP contribution in [0.3, 0.4) is 0 Å². The van der Waals surface area contributed by atoms with Gasteiger partial charge in [-0.1, -0.05) is 58.4 Å². The standard InChI is InChI=1S/C25H23BrN4O2/c1-30(2)22-13-11-18(12-14-22)16-23(28-24(31)20-8-4-3-5-9-20)25(32)29-27-17-19-7-6-10-21(26)15-19/h3-17H,1-2H3,(H,28,31)(H,29,32). The van der Waals surface area contributed by atoms with Gasteiger partial charge < -0.3 is 10.2 Å². The molecule has 3 rings (SSSR count). The van der Waals surface area contributed by atoms with E-state index in [2.05, 4.69) is 31.8 Å². The molecular weight excluding hydrogens is 468 g/mol. The van der Waals surface area contributed by atoms with Crippen LogP contribution in [-0.4, -0.2) is 32.1 Å². The van der Waals surface area contributed by atoms with Crippen LogP contribution in [-0.2, 0) is 4.79 Å². The number of carbonyl (C=O) groups excluding carboxylic acids is 2. The van der Waals surface area contributed by atoms with Gasteiger partial charge >= 0.3 is 0 Å². The molecule has 2 N–H and O–H groups in total. The van der Waals surface area contributed by atoms with Gasteiger partial charge in [-0.05, 0) is 53.6 Å². The van der Waals surface area contributed by atoms with E-state index in [0.29, 0.717) is 5.56 Å². The van der Waals surface area contributed by atoms with E-state index < -0.39 is 5.91 Å². The Labute approximate surface area is 195 Å². The molecule has 3 aromatic carbocycles. The van der Waals surface area contributed by atoms with Gasteiger partial charge in [0.25, 0.3) is 11.8 Å². The summed E-state index contributed by atoms with van der Waals surface area (Å²) in [5.74, 6) is -0.912. The van der Waals surface area contributed by atoms with Crippen molar-refractivity contribution in [2.75, 3.05) is 19.0 Å². The van der Waals surface area contributed by atoms with Gasteiger partial charge in [0.05, 0.1) is 6.21 Å². The average Bonchev–Trinajstić information content (AvgIpc) is 2.79. The molecule has 3 aromatic rings. The molecule has 0 saturated carbocycles. The molecule has 0 bridgehead atoms. The summed E-state index contributed by atoms with van der Waals surface area (Å²) in [6, 6.07) is 23.8. The smallest absolute Gasteiger partial charge is 0.287 e. The lowest BCUT2D eigenvalue weighted by Crippen LogP contribution is -2.32. The Morgan fingerprint density at radius 1 is 0.906 bits per heavy atom. The third kappa shape index (κ3) is 6.65. The quantitative estimate of drug-likeness (QED) is 0.292. The first kappa shape index (κ1) is 23.0. The monoisotopic (exact) mass is 490 g/mol. The van der Waals surface area contributed by atoms with Crippen LogP contribution in [0.5, 0.6) is 0 Å². The Hall–Kier alpha value is -3.71. The minimum absolute atomic E-state index is 0.0860. The summed E-state index contributed by atoms with van der Waals surface area (Å²) < 4.78 is 0.907. The Bertz CT molecular complexity index is 1140. The van der Waals surface area contributed by atoms with Crippen LogP contribution in [0.1, 0.15) is 21.5 Å². The predicted molar refractivity (Wildman–Crippen MR) is 133 cm³/mol. The van der Waals surface area contributed by atoms with Crippen molar-refractivity contribution in [3.63, 3.8) is 0 Å². The normalized spacial score (nSPS) is 11.3. The van der Waals surface area contributed by atoms with Crippen LogP contribution < -0.4 is 15.6 Å². The number of anilines is 1. The van der Waals surface area contributed by atoms with E-state index in [1.54, 1.807) is 30.3 Å². The summed E-state index contributed by atoms with van der Waals surface area (Å²) in [4.78, 5) is 27.4. The highest BCUT2D eigenvalue weighted by atomic mass is 79.9. The fourth-order valence-electron chi connectivity index (χ4n) is 2.79. The summed E-state index contributed by atoms with van der Waals surface area (Å²) in [5, 5.41) is 6.71. The van der Waals surface area contributed by atoms with Gasteiger partial charge in [0.1, 0.15) is 5.70 Å². The highest BCUT2D eigenvalue weighted by Crippen LogP contribution is 2.15. The van der Waals surface area contributed by atoms with Gasteiger partial charge in [-0.15, -0.1) is 0 Å². The first-order chi connectivity index (χ1) is 15.4. The molecule has 0 aliphatic rings. The van der Waals surface area contributed by atoms with Gasteiger partial charge in [0, 0.05) is 29.8 Å². The molecule has 0 radical (unpaired) electrons. The number of hydrogen-bond donors (Lipinski definition) is 2.